The number of rotatable bonds is 8. The normalized spacial score (nSPS) is 11.4. The summed E-state index contributed by atoms with van der Waals surface area (Å²) in [4.78, 5) is 12.5. The average Bonchev–Trinajstić information content (AvgIpc) is 3.09. The molecule has 152 valence electrons. The highest BCUT2D eigenvalue weighted by Gasteiger charge is 2.21. The van der Waals surface area contributed by atoms with Gasteiger partial charge in [0.2, 0.25) is 5.91 Å². The average molecular weight is 431 g/mol. The number of aryl methyl sites for hydroxylation is 1. The molecule has 0 aliphatic rings. The minimum Gasteiger partial charge on any atom is -0.325 e. The molecule has 29 heavy (non-hydrogen) atoms. The summed E-state index contributed by atoms with van der Waals surface area (Å²) >= 11 is 1.23. The van der Waals surface area contributed by atoms with E-state index in [1.165, 1.54) is 11.8 Å². The van der Waals surface area contributed by atoms with E-state index in [4.69, 9.17) is 0 Å². The van der Waals surface area contributed by atoms with Crippen molar-refractivity contribution < 1.29 is 13.2 Å². The quantitative estimate of drug-likeness (QED) is 0.551. The zero-order valence-corrected chi connectivity index (χ0v) is 17.8. The van der Waals surface area contributed by atoms with Crippen LogP contribution in [0.25, 0.3) is 0 Å². The molecule has 0 fully saturated rings. The van der Waals surface area contributed by atoms with Crippen LogP contribution in [0.5, 0.6) is 0 Å². The number of benzene rings is 2. The second-order valence-corrected chi connectivity index (χ2v) is 9.35. The van der Waals surface area contributed by atoms with Crippen molar-refractivity contribution in [2.75, 3.05) is 11.1 Å². The number of carbonyl (C=O) groups is 1. The number of hydrogen-bond donors (Lipinski definition) is 1. The Labute approximate surface area is 174 Å². The van der Waals surface area contributed by atoms with Gasteiger partial charge in [-0.25, -0.2) is 8.42 Å². The number of sulfone groups is 1. The molecule has 2 aromatic carbocycles. The van der Waals surface area contributed by atoms with Gasteiger partial charge in [-0.15, -0.1) is 10.2 Å². The molecule has 0 spiro atoms. The summed E-state index contributed by atoms with van der Waals surface area (Å²) in [7, 11) is -3.52. The summed E-state index contributed by atoms with van der Waals surface area (Å²) in [5.41, 5.74) is 1.85. The zero-order valence-electron chi connectivity index (χ0n) is 16.2. The number of nitrogens with one attached hydrogen (secondary N) is 1. The summed E-state index contributed by atoms with van der Waals surface area (Å²) in [5, 5.41) is 11.5. The van der Waals surface area contributed by atoms with Crippen molar-refractivity contribution >= 4 is 33.2 Å². The number of anilines is 1. The van der Waals surface area contributed by atoms with Crippen molar-refractivity contribution in [2.24, 2.45) is 0 Å². The van der Waals surface area contributed by atoms with E-state index in [0.29, 0.717) is 17.5 Å². The van der Waals surface area contributed by atoms with Crippen LogP contribution in [0.4, 0.5) is 5.69 Å². The van der Waals surface area contributed by atoms with Crippen molar-refractivity contribution in [3.8, 4) is 0 Å². The molecular formula is C20H22N4O3S2. The monoisotopic (exact) mass is 430 g/mol. The van der Waals surface area contributed by atoms with E-state index < -0.39 is 9.84 Å². The standard InChI is InChI=1S/C20H22N4O3S2/c1-3-24-18(14-29(26,27)17-7-5-4-6-8-17)22-23-20(24)28-13-19(25)21-16-11-9-15(2)10-12-16/h4-12H,3,13-14H2,1-2H3,(H,21,25). The zero-order chi connectivity index (χ0) is 20.9. The first kappa shape index (κ1) is 21.1. The molecule has 3 rings (SSSR count). The van der Waals surface area contributed by atoms with Gasteiger partial charge in [0, 0.05) is 12.2 Å². The van der Waals surface area contributed by atoms with Gasteiger partial charge in [0.25, 0.3) is 0 Å². The first-order chi connectivity index (χ1) is 13.9. The predicted molar refractivity (Wildman–Crippen MR) is 114 cm³/mol. The molecule has 0 saturated heterocycles. The first-order valence-corrected chi connectivity index (χ1v) is 11.7. The van der Waals surface area contributed by atoms with Gasteiger partial charge in [-0.2, -0.15) is 0 Å². The van der Waals surface area contributed by atoms with Crippen molar-refractivity contribution in [2.45, 2.75) is 36.2 Å². The molecule has 7 nitrogen and oxygen atoms in total. The van der Waals surface area contributed by atoms with Crippen LogP contribution in [0, 0.1) is 6.92 Å². The van der Waals surface area contributed by atoms with Crippen LogP contribution in [0.15, 0.2) is 64.6 Å². The van der Waals surface area contributed by atoms with Crippen LogP contribution in [0.3, 0.4) is 0 Å². The SMILES string of the molecule is CCn1c(CS(=O)(=O)c2ccccc2)nnc1SCC(=O)Nc1ccc(C)cc1. The lowest BCUT2D eigenvalue weighted by atomic mass is 10.2. The summed E-state index contributed by atoms with van der Waals surface area (Å²) in [6.07, 6.45) is 0. The molecule has 1 heterocycles. The predicted octanol–water partition coefficient (Wildman–Crippen LogP) is 3.31. The van der Waals surface area contributed by atoms with Gasteiger partial charge >= 0.3 is 0 Å². The Morgan fingerprint density at radius 1 is 1.07 bits per heavy atom. The maximum Gasteiger partial charge on any atom is 0.234 e. The van der Waals surface area contributed by atoms with Crippen molar-refractivity contribution in [3.63, 3.8) is 0 Å². The number of carbonyl (C=O) groups excluding carboxylic acids is 1. The van der Waals surface area contributed by atoms with E-state index >= 15 is 0 Å². The fourth-order valence-corrected chi connectivity index (χ4v) is 4.81. The van der Waals surface area contributed by atoms with Gasteiger partial charge in [-0.1, -0.05) is 47.7 Å². The highest BCUT2D eigenvalue weighted by molar-refractivity contribution is 7.99. The molecule has 1 amide bonds. The van der Waals surface area contributed by atoms with Crippen LogP contribution in [0.1, 0.15) is 18.3 Å². The summed E-state index contributed by atoms with van der Waals surface area (Å²) < 4.78 is 27.0. The molecule has 1 N–H and O–H groups in total. The van der Waals surface area contributed by atoms with Crippen LogP contribution in [-0.4, -0.2) is 34.8 Å². The van der Waals surface area contributed by atoms with Gasteiger partial charge in [-0.05, 0) is 38.1 Å². The highest BCUT2D eigenvalue weighted by Crippen LogP contribution is 2.21. The Kier molecular flexibility index (Phi) is 6.71. The lowest BCUT2D eigenvalue weighted by Crippen LogP contribution is -2.15. The van der Waals surface area contributed by atoms with Crippen LogP contribution in [0.2, 0.25) is 0 Å². The molecular weight excluding hydrogens is 408 g/mol. The van der Waals surface area contributed by atoms with Crippen molar-refractivity contribution in [1.29, 1.82) is 0 Å². The highest BCUT2D eigenvalue weighted by atomic mass is 32.2. The van der Waals surface area contributed by atoms with Crippen molar-refractivity contribution in [3.05, 3.63) is 66.0 Å². The Morgan fingerprint density at radius 3 is 2.41 bits per heavy atom. The van der Waals surface area contributed by atoms with Crippen molar-refractivity contribution in [1.82, 2.24) is 14.8 Å². The third kappa shape index (κ3) is 5.45. The molecule has 0 aliphatic heterocycles. The largest absolute Gasteiger partial charge is 0.325 e. The number of hydrogen-bond acceptors (Lipinski definition) is 6. The maximum absolute atomic E-state index is 12.6. The topological polar surface area (TPSA) is 93.9 Å². The molecule has 1 aromatic heterocycles. The maximum atomic E-state index is 12.6. The minimum atomic E-state index is -3.52. The van der Waals surface area contributed by atoms with E-state index in [9.17, 15) is 13.2 Å². The summed E-state index contributed by atoms with van der Waals surface area (Å²) in [6.45, 7) is 4.38. The number of amides is 1. The van der Waals surface area contributed by atoms with Crippen LogP contribution in [-0.2, 0) is 26.9 Å². The van der Waals surface area contributed by atoms with Gasteiger partial charge in [0.05, 0.1) is 10.6 Å². The fourth-order valence-electron chi connectivity index (χ4n) is 2.70. The third-order valence-corrected chi connectivity index (χ3v) is 6.79. The number of thioether (sulfide) groups is 1. The minimum absolute atomic E-state index is 0.150. The Hall–Kier alpha value is -2.65. The summed E-state index contributed by atoms with van der Waals surface area (Å²) in [5.74, 6) is 0.103. The second-order valence-electron chi connectivity index (χ2n) is 6.42. The number of nitrogens with zero attached hydrogens (tertiary/aromatic N) is 3. The molecule has 0 saturated carbocycles. The van der Waals surface area contributed by atoms with Crippen LogP contribution < -0.4 is 5.32 Å². The Balaban J connectivity index is 1.66. The molecule has 0 bridgehead atoms. The molecule has 0 radical (unpaired) electrons. The third-order valence-electron chi connectivity index (χ3n) is 4.20. The van der Waals surface area contributed by atoms with E-state index in [1.807, 2.05) is 38.1 Å². The number of aromatic nitrogens is 3. The van der Waals surface area contributed by atoms with E-state index in [-0.39, 0.29) is 22.3 Å². The van der Waals surface area contributed by atoms with Gasteiger partial charge < -0.3 is 9.88 Å². The molecule has 0 atom stereocenters. The lowest BCUT2D eigenvalue weighted by molar-refractivity contribution is -0.113. The first-order valence-electron chi connectivity index (χ1n) is 9.08. The van der Waals surface area contributed by atoms with Gasteiger partial charge in [-0.3, -0.25) is 4.79 Å². The smallest absolute Gasteiger partial charge is 0.234 e. The van der Waals surface area contributed by atoms with E-state index in [1.54, 1.807) is 34.9 Å². The van der Waals surface area contributed by atoms with E-state index in [2.05, 4.69) is 15.5 Å². The Bertz CT molecular complexity index is 1080. The van der Waals surface area contributed by atoms with Gasteiger partial charge in [0.15, 0.2) is 15.0 Å². The second kappa shape index (κ2) is 9.23. The molecule has 0 aliphatic carbocycles. The summed E-state index contributed by atoms with van der Waals surface area (Å²) in [6, 6.07) is 15.8. The van der Waals surface area contributed by atoms with Crippen LogP contribution >= 0.6 is 11.8 Å². The molecule has 0 unspecified atom stereocenters. The van der Waals surface area contributed by atoms with E-state index in [0.717, 1.165) is 11.3 Å². The molecule has 9 heteroatoms. The molecule has 3 aromatic rings. The fraction of sp³-hybridized carbons (Fsp3) is 0.250. The Morgan fingerprint density at radius 2 is 1.76 bits per heavy atom. The van der Waals surface area contributed by atoms with Gasteiger partial charge in [0.1, 0.15) is 11.6 Å². The lowest BCUT2D eigenvalue weighted by Gasteiger charge is -2.08.